The maximum Gasteiger partial charge on any atom is 0.129 e. The van der Waals surface area contributed by atoms with Gasteiger partial charge in [0, 0.05) is 18.1 Å². The zero-order valence-electron chi connectivity index (χ0n) is 13.3. The third kappa shape index (κ3) is 3.33. The SMILES string of the molecule is Cc1c(F)cc(C2CCC(C3CCC(C)CO3)CO2)cc1F. The molecule has 0 N–H and O–H groups in total. The smallest absolute Gasteiger partial charge is 0.129 e. The van der Waals surface area contributed by atoms with E-state index in [0.717, 1.165) is 25.9 Å². The van der Waals surface area contributed by atoms with Gasteiger partial charge in [0.25, 0.3) is 0 Å². The normalized spacial score (nSPS) is 32.9. The highest BCUT2D eigenvalue weighted by Crippen LogP contribution is 2.36. The predicted molar refractivity (Wildman–Crippen MR) is 80.7 cm³/mol. The first-order valence-corrected chi connectivity index (χ1v) is 8.23. The topological polar surface area (TPSA) is 18.5 Å². The molecular formula is C18H24F2O2. The summed E-state index contributed by atoms with van der Waals surface area (Å²) in [6.07, 6.45) is 4.15. The van der Waals surface area contributed by atoms with E-state index in [9.17, 15) is 8.78 Å². The molecule has 2 heterocycles. The fourth-order valence-corrected chi connectivity index (χ4v) is 3.45. The van der Waals surface area contributed by atoms with Crippen LogP contribution in [0.3, 0.4) is 0 Å². The number of rotatable bonds is 2. The third-order valence-electron chi connectivity index (χ3n) is 5.05. The lowest BCUT2D eigenvalue weighted by Crippen LogP contribution is -2.36. The molecule has 4 unspecified atom stereocenters. The summed E-state index contributed by atoms with van der Waals surface area (Å²) < 4.78 is 39.2. The molecule has 2 aliphatic rings. The van der Waals surface area contributed by atoms with E-state index in [4.69, 9.17) is 9.47 Å². The predicted octanol–water partition coefficient (Wildman–Crippen LogP) is 4.56. The van der Waals surface area contributed by atoms with Gasteiger partial charge in [0.05, 0.1) is 18.8 Å². The number of hydrogen-bond donors (Lipinski definition) is 0. The molecule has 4 heteroatoms. The monoisotopic (exact) mass is 310 g/mol. The molecule has 0 aromatic heterocycles. The van der Waals surface area contributed by atoms with Gasteiger partial charge in [-0.1, -0.05) is 6.92 Å². The van der Waals surface area contributed by atoms with Crippen molar-refractivity contribution in [3.05, 3.63) is 34.9 Å². The highest BCUT2D eigenvalue weighted by atomic mass is 19.1. The van der Waals surface area contributed by atoms with E-state index in [-0.39, 0.29) is 17.8 Å². The minimum Gasteiger partial charge on any atom is -0.378 e. The molecule has 0 aliphatic carbocycles. The van der Waals surface area contributed by atoms with Gasteiger partial charge in [-0.25, -0.2) is 8.78 Å². The summed E-state index contributed by atoms with van der Waals surface area (Å²) in [4.78, 5) is 0. The molecule has 2 saturated heterocycles. The lowest BCUT2D eigenvalue weighted by Gasteiger charge is -2.37. The number of ether oxygens (including phenoxy) is 2. The van der Waals surface area contributed by atoms with Gasteiger partial charge in [-0.3, -0.25) is 0 Å². The van der Waals surface area contributed by atoms with Crippen LogP contribution in [0.25, 0.3) is 0 Å². The Morgan fingerprint density at radius 3 is 2.23 bits per heavy atom. The van der Waals surface area contributed by atoms with Crippen molar-refractivity contribution in [2.75, 3.05) is 13.2 Å². The second-order valence-corrected chi connectivity index (χ2v) is 6.82. The quantitative estimate of drug-likeness (QED) is 0.797. The van der Waals surface area contributed by atoms with Crippen LogP contribution in [0.4, 0.5) is 8.78 Å². The average molecular weight is 310 g/mol. The number of halogens is 2. The zero-order chi connectivity index (χ0) is 15.7. The largest absolute Gasteiger partial charge is 0.378 e. The molecule has 0 radical (unpaired) electrons. The van der Waals surface area contributed by atoms with Crippen LogP contribution >= 0.6 is 0 Å². The Morgan fingerprint density at radius 2 is 1.68 bits per heavy atom. The van der Waals surface area contributed by atoms with E-state index in [0.29, 0.717) is 24.0 Å². The van der Waals surface area contributed by atoms with Crippen LogP contribution < -0.4 is 0 Å². The van der Waals surface area contributed by atoms with Gasteiger partial charge in [-0.05, 0) is 56.2 Å². The summed E-state index contributed by atoms with van der Waals surface area (Å²) in [7, 11) is 0. The summed E-state index contributed by atoms with van der Waals surface area (Å²) in [6, 6.07) is 2.81. The lowest BCUT2D eigenvalue weighted by molar-refractivity contribution is -0.102. The molecule has 0 bridgehead atoms. The van der Waals surface area contributed by atoms with Gasteiger partial charge in [0.2, 0.25) is 0 Å². The maximum atomic E-state index is 13.7. The second kappa shape index (κ2) is 6.63. The first-order chi connectivity index (χ1) is 10.5. The molecule has 2 nitrogen and oxygen atoms in total. The Kier molecular flexibility index (Phi) is 4.79. The van der Waals surface area contributed by atoms with Crippen molar-refractivity contribution < 1.29 is 18.3 Å². The summed E-state index contributed by atoms with van der Waals surface area (Å²) in [5.41, 5.74) is 0.680. The first-order valence-electron chi connectivity index (χ1n) is 8.23. The van der Waals surface area contributed by atoms with Crippen LogP contribution in [0.2, 0.25) is 0 Å². The van der Waals surface area contributed by atoms with E-state index in [1.807, 2.05) is 0 Å². The van der Waals surface area contributed by atoms with Crippen LogP contribution in [0, 0.1) is 30.4 Å². The van der Waals surface area contributed by atoms with Crippen molar-refractivity contribution in [2.45, 2.75) is 51.7 Å². The minimum atomic E-state index is -0.495. The summed E-state index contributed by atoms with van der Waals surface area (Å²) in [5.74, 6) is 0.0616. The van der Waals surface area contributed by atoms with Crippen molar-refractivity contribution >= 4 is 0 Å². The molecule has 22 heavy (non-hydrogen) atoms. The Balaban J connectivity index is 1.60. The van der Waals surface area contributed by atoms with E-state index < -0.39 is 11.6 Å². The zero-order valence-corrected chi connectivity index (χ0v) is 13.3. The van der Waals surface area contributed by atoms with Gasteiger partial charge < -0.3 is 9.47 Å². The number of hydrogen-bond acceptors (Lipinski definition) is 2. The molecule has 2 aliphatic heterocycles. The standard InChI is InChI=1S/C18H24F2O2/c1-11-3-5-17(21-9-11)13-4-6-18(22-10-13)14-7-15(19)12(2)16(20)8-14/h7-8,11,13,17-18H,3-6,9-10H2,1-2H3. The van der Waals surface area contributed by atoms with E-state index in [1.165, 1.54) is 25.5 Å². The molecule has 4 atom stereocenters. The average Bonchev–Trinajstić information content (AvgIpc) is 2.53. The van der Waals surface area contributed by atoms with Gasteiger partial charge in [-0.2, -0.15) is 0 Å². The molecule has 3 rings (SSSR count). The van der Waals surface area contributed by atoms with Crippen molar-refractivity contribution in [1.29, 1.82) is 0 Å². The van der Waals surface area contributed by atoms with Crippen molar-refractivity contribution in [1.82, 2.24) is 0 Å². The van der Waals surface area contributed by atoms with Crippen molar-refractivity contribution in [3.8, 4) is 0 Å². The second-order valence-electron chi connectivity index (χ2n) is 6.82. The summed E-state index contributed by atoms with van der Waals surface area (Å²) in [6.45, 7) is 5.11. The van der Waals surface area contributed by atoms with Gasteiger partial charge in [-0.15, -0.1) is 0 Å². The highest BCUT2D eigenvalue weighted by Gasteiger charge is 2.32. The lowest BCUT2D eigenvalue weighted by atomic mass is 9.86. The fraction of sp³-hybridized carbons (Fsp3) is 0.667. The molecule has 0 saturated carbocycles. The van der Waals surface area contributed by atoms with Gasteiger partial charge >= 0.3 is 0 Å². The third-order valence-corrected chi connectivity index (χ3v) is 5.05. The van der Waals surface area contributed by atoms with Crippen LogP contribution in [-0.4, -0.2) is 19.3 Å². The Hall–Kier alpha value is -1.00. The summed E-state index contributed by atoms with van der Waals surface area (Å²) >= 11 is 0. The number of benzene rings is 1. The van der Waals surface area contributed by atoms with Crippen LogP contribution in [0.15, 0.2) is 12.1 Å². The molecule has 1 aromatic rings. The van der Waals surface area contributed by atoms with Crippen LogP contribution in [0.5, 0.6) is 0 Å². The van der Waals surface area contributed by atoms with Crippen molar-refractivity contribution in [3.63, 3.8) is 0 Å². The Bertz CT molecular complexity index is 493. The first kappa shape index (κ1) is 15.9. The van der Waals surface area contributed by atoms with Crippen LogP contribution in [-0.2, 0) is 9.47 Å². The van der Waals surface area contributed by atoms with Gasteiger partial charge in [0.1, 0.15) is 11.6 Å². The Morgan fingerprint density at radius 1 is 0.955 bits per heavy atom. The van der Waals surface area contributed by atoms with E-state index >= 15 is 0 Å². The molecule has 122 valence electrons. The molecule has 2 fully saturated rings. The van der Waals surface area contributed by atoms with E-state index in [1.54, 1.807) is 0 Å². The Labute approximate surface area is 130 Å². The minimum absolute atomic E-state index is 0.0714. The highest BCUT2D eigenvalue weighted by molar-refractivity contribution is 5.27. The summed E-state index contributed by atoms with van der Waals surface area (Å²) in [5, 5.41) is 0. The molecular weight excluding hydrogens is 286 g/mol. The molecule has 0 amide bonds. The van der Waals surface area contributed by atoms with Crippen molar-refractivity contribution in [2.24, 2.45) is 11.8 Å². The van der Waals surface area contributed by atoms with Gasteiger partial charge in [0.15, 0.2) is 0 Å². The fourth-order valence-electron chi connectivity index (χ4n) is 3.45. The van der Waals surface area contributed by atoms with E-state index in [2.05, 4.69) is 6.92 Å². The maximum absolute atomic E-state index is 13.7. The molecule has 1 aromatic carbocycles. The molecule has 0 spiro atoms. The van der Waals surface area contributed by atoms with Crippen LogP contribution in [0.1, 0.15) is 49.8 Å².